The van der Waals surface area contributed by atoms with E-state index in [2.05, 4.69) is 0 Å². The van der Waals surface area contributed by atoms with Gasteiger partial charge in [0.1, 0.15) is 12.4 Å². The van der Waals surface area contributed by atoms with Gasteiger partial charge in [0.05, 0.1) is 18.5 Å². The van der Waals surface area contributed by atoms with Crippen LogP contribution in [0.25, 0.3) is 0 Å². The minimum atomic E-state index is -0.369. The molecule has 0 aliphatic carbocycles. The summed E-state index contributed by atoms with van der Waals surface area (Å²) < 4.78 is 11.0. The number of nitrogens with zero attached hydrogens (tertiary/aromatic N) is 1. The summed E-state index contributed by atoms with van der Waals surface area (Å²) in [7, 11) is 0. The van der Waals surface area contributed by atoms with E-state index in [0.717, 1.165) is 5.56 Å². The van der Waals surface area contributed by atoms with Crippen molar-refractivity contribution >= 4 is 11.9 Å². The molecule has 1 atom stereocenters. The fraction of sp³-hybridized carbons (Fsp3) is 0.375. The summed E-state index contributed by atoms with van der Waals surface area (Å²) in [4.78, 5) is 25.2. The highest BCUT2D eigenvalue weighted by molar-refractivity contribution is 5.90. The minimum absolute atomic E-state index is 0.0723. The maximum Gasteiger partial charge on any atom is 0.337 e. The van der Waals surface area contributed by atoms with Gasteiger partial charge in [0.25, 0.3) is 0 Å². The van der Waals surface area contributed by atoms with Crippen molar-refractivity contribution in [2.45, 2.75) is 32.6 Å². The van der Waals surface area contributed by atoms with E-state index in [1.807, 2.05) is 37.3 Å². The number of hydrogen-bond donors (Lipinski definition) is 0. The summed E-state index contributed by atoms with van der Waals surface area (Å²) in [5.41, 5.74) is 1.46. The molecule has 2 aliphatic rings. The van der Waals surface area contributed by atoms with Crippen LogP contribution in [0, 0.1) is 0 Å². The molecule has 0 radical (unpaired) electrons. The van der Waals surface area contributed by atoms with Gasteiger partial charge < -0.3 is 9.47 Å². The van der Waals surface area contributed by atoms with Gasteiger partial charge in [-0.15, -0.1) is 0 Å². The maximum absolute atomic E-state index is 12.2. The largest absolute Gasteiger partial charge is 0.472 e. The topological polar surface area (TPSA) is 55.8 Å². The van der Waals surface area contributed by atoms with E-state index in [1.54, 1.807) is 4.90 Å². The van der Waals surface area contributed by atoms with Gasteiger partial charge in [-0.25, -0.2) is 4.79 Å². The minimum Gasteiger partial charge on any atom is -0.472 e. The molecule has 1 aromatic rings. The number of carbonyl (C=O) groups is 2. The lowest BCUT2D eigenvalue weighted by atomic mass is 10.1. The van der Waals surface area contributed by atoms with E-state index in [9.17, 15) is 9.59 Å². The average molecular weight is 287 g/mol. The number of esters is 1. The molecule has 1 aromatic carbocycles. The summed E-state index contributed by atoms with van der Waals surface area (Å²) in [5, 5.41) is 0. The lowest BCUT2D eigenvalue weighted by molar-refractivity contribution is -0.154. The lowest BCUT2D eigenvalue weighted by Gasteiger charge is -2.30. The zero-order valence-corrected chi connectivity index (χ0v) is 11.9. The van der Waals surface area contributed by atoms with Gasteiger partial charge in [-0.2, -0.15) is 0 Å². The van der Waals surface area contributed by atoms with Crippen LogP contribution in [0.15, 0.2) is 41.7 Å². The standard InChI is InChI=1S/C16H17NO4/c1-2-12(13-9-17-14(18)8-15(17)21-13)16(19)20-10-11-6-4-3-5-7-11/h3-7,15H,2,8-10H2,1H3/b13-12+. The SMILES string of the molecule is CC/C(C(=O)OCc1ccccc1)=C1/CN2C(=O)CC2O1. The molecule has 2 saturated heterocycles. The molecule has 0 N–H and O–H groups in total. The third kappa shape index (κ3) is 2.63. The Labute approximate surface area is 123 Å². The summed E-state index contributed by atoms with van der Waals surface area (Å²) in [6, 6.07) is 9.53. The van der Waals surface area contributed by atoms with Gasteiger partial charge >= 0.3 is 5.97 Å². The van der Waals surface area contributed by atoms with Crippen LogP contribution in [0.1, 0.15) is 25.3 Å². The monoisotopic (exact) mass is 287 g/mol. The molecule has 3 rings (SSSR count). The quantitative estimate of drug-likeness (QED) is 0.483. The van der Waals surface area contributed by atoms with Crippen LogP contribution < -0.4 is 0 Å². The molecule has 0 saturated carbocycles. The molecule has 2 heterocycles. The predicted octanol–water partition coefficient (Wildman–Crippen LogP) is 1.98. The third-order valence-corrected chi connectivity index (χ3v) is 3.76. The van der Waals surface area contributed by atoms with Crippen LogP contribution in [0.4, 0.5) is 0 Å². The Kier molecular flexibility index (Phi) is 3.64. The predicted molar refractivity (Wildman–Crippen MR) is 74.8 cm³/mol. The van der Waals surface area contributed by atoms with Crippen LogP contribution in [0.3, 0.4) is 0 Å². The van der Waals surface area contributed by atoms with Gasteiger partial charge in [-0.05, 0) is 12.0 Å². The summed E-state index contributed by atoms with van der Waals surface area (Å²) in [6.45, 7) is 2.50. The molecule has 0 bridgehead atoms. The molecule has 0 spiro atoms. The smallest absolute Gasteiger partial charge is 0.337 e. The zero-order chi connectivity index (χ0) is 14.8. The van der Waals surface area contributed by atoms with Crippen LogP contribution in [0.2, 0.25) is 0 Å². The molecule has 5 nitrogen and oxygen atoms in total. The summed E-state index contributed by atoms with van der Waals surface area (Å²) in [6.07, 6.45) is 0.744. The highest BCUT2D eigenvalue weighted by Crippen LogP contribution is 2.33. The second-order valence-corrected chi connectivity index (χ2v) is 5.12. The number of amides is 1. The molecule has 2 aliphatic heterocycles. The van der Waals surface area contributed by atoms with Crippen LogP contribution in [0.5, 0.6) is 0 Å². The van der Waals surface area contributed by atoms with Crippen LogP contribution in [-0.2, 0) is 25.7 Å². The molecular formula is C16H17NO4. The normalized spacial score (nSPS) is 22.2. The first-order valence-electron chi connectivity index (χ1n) is 7.08. The Morgan fingerprint density at radius 1 is 1.38 bits per heavy atom. The van der Waals surface area contributed by atoms with Crippen molar-refractivity contribution in [3.05, 3.63) is 47.2 Å². The number of carbonyl (C=O) groups excluding carboxylic acids is 2. The van der Waals surface area contributed by atoms with Gasteiger partial charge in [0, 0.05) is 0 Å². The molecule has 1 amide bonds. The molecule has 2 fully saturated rings. The van der Waals surface area contributed by atoms with Gasteiger partial charge in [-0.3, -0.25) is 9.69 Å². The van der Waals surface area contributed by atoms with Gasteiger partial charge in [0.2, 0.25) is 5.91 Å². The first-order chi connectivity index (χ1) is 10.2. The number of fused-ring (bicyclic) bond motifs is 1. The summed E-state index contributed by atoms with van der Waals surface area (Å²) >= 11 is 0. The Balaban J connectivity index is 1.66. The van der Waals surface area contributed by atoms with Crippen molar-refractivity contribution in [3.63, 3.8) is 0 Å². The van der Waals surface area contributed by atoms with Crippen LogP contribution >= 0.6 is 0 Å². The highest BCUT2D eigenvalue weighted by atomic mass is 16.5. The fourth-order valence-corrected chi connectivity index (χ4v) is 2.51. The Morgan fingerprint density at radius 3 is 2.76 bits per heavy atom. The van der Waals surface area contributed by atoms with Crippen molar-refractivity contribution < 1.29 is 19.1 Å². The number of rotatable bonds is 4. The van der Waals surface area contributed by atoms with Gasteiger partial charge in [0.15, 0.2) is 6.23 Å². The lowest BCUT2D eigenvalue weighted by Crippen LogP contribution is -2.48. The Morgan fingerprint density at radius 2 is 2.14 bits per heavy atom. The Bertz CT molecular complexity index is 594. The first-order valence-corrected chi connectivity index (χ1v) is 7.08. The number of β-lactam (4-membered cyclic amide) rings is 1. The van der Waals surface area contributed by atoms with E-state index in [0.29, 0.717) is 30.7 Å². The Hall–Kier alpha value is -2.30. The van der Waals surface area contributed by atoms with E-state index >= 15 is 0 Å². The number of hydrogen-bond acceptors (Lipinski definition) is 4. The van der Waals surface area contributed by atoms with Crippen LogP contribution in [-0.4, -0.2) is 29.5 Å². The maximum atomic E-state index is 12.2. The molecule has 5 heteroatoms. The molecular weight excluding hydrogens is 270 g/mol. The molecule has 0 aromatic heterocycles. The molecule has 110 valence electrons. The van der Waals surface area contributed by atoms with E-state index < -0.39 is 0 Å². The zero-order valence-electron chi connectivity index (χ0n) is 11.9. The second kappa shape index (κ2) is 5.60. The average Bonchev–Trinajstić information content (AvgIpc) is 2.84. The van der Waals surface area contributed by atoms with E-state index in [-0.39, 0.29) is 24.7 Å². The molecule has 21 heavy (non-hydrogen) atoms. The molecule has 1 unspecified atom stereocenters. The number of ether oxygens (including phenoxy) is 2. The van der Waals surface area contributed by atoms with Crippen molar-refractivity contribution in [2.75, 3.05) is 6.54 Å². The van der Waals surface area contributed by atoms with Gasteiger partial charge in [-0.1, -0.05) is 37.3 Å². The van der Waals surface area contributed by atoms with Crippen molar-refractivity contribution in [2.24, 2.45) is 0 Å². The highest BCUT2D eigenvalue weighted by Gasteiger charge is 2.45. The summed E-state index contributed by atoms with van der Waals surface area (Å²) in [5.74, 6) is 0.279. The number of benzene rings is 1. The first kappa shape index (κ1) is 13.7. The van der Waals surface area contributed by atoms with Crippen molar-refractivity contribution in [1.82, 2.24) is 4.90 Å². The van der Waals surface area contributed by atoms with Crippen molar-refractivity contribution in [3.8, 4) is 0 Å². The van der Waals surface area contributed by atoms with E-state index in [1.165, 1.54) is 0 Å². The van der Waals surface area contributed by atoms with Crippen molar-refractivity contribution in [1.29, 1.82) is 0 Å². The third-order valence-electron chi connectivity index (χ3n) is 3.76. The van der Waals surface area contributed by atoms with E-state index in [4.69, 9.17) is 9.47 Å². The fourth-order valence-electron chi connectivity index (χ4n) is 2.51. The second-order valence-electron chi connectivity index (χ2n) is 5.12.